The Morgan fingerprint density at radius 1 is 1.12 bits per heavy atom. The van der Waals surface area contributed by atoms with Crippen molar-refractivity contribution in [3.63, 3.8) is 0 Å². The lowest BCUT2D eigenvalue weighted by Crippen LogP contribution is -2.47. The summed E-state index contributed by atoms with van der Waals surface area (Å²) in [5, 5.41) is 2.89. The minimum atomic E-state index is -0.795. The number of nitrogens with zero attached hydrogens (tertiary/aromatic N) is 2. The Bertz CT molecular complexity index is 667. The third-order valence-electron chi connectivity index (χ3n) is 5.44. The summed E-state index contributed by atoms with van der Waals surface area (Å²) < 4.78 is 27.8. The number of carbonyl (C=O) groups excluding carboxylic acids is 2. The van der Waals surface area contributed by atoms with E-state index in [9.17, 15) is 18.4 Å². The molecule has 2 fully saturated rings. The molecule has 1 N–H and O–H groups in total. The number of amides is 3. The number of urea groups is 1. The number of imide groups is 1. The van der Waals surface area contributed by atoms with E-state index in [0.717, 1.165) is 25.7 Å². The maximum absolute atomic E-state index is 13.9. The Morgan fingerprint density at radius 2 is 1.73 bits per heavy atom. The number of carbonyl (C=O) groups is 2. The molecule has 5 nitrogen and oxygen atoms in total. The van der Waals surface area contributed by atoms with E-state index in [4.69, 9.17) is 0 Å². The lowest BCUT2D eigenvalue weighted by molar-refractivity contribution is -0.133. The monoisotopic (exact) mass is 365 g/mol. The average molecular weight is 365 g/mol. The first-order valence-electron chi connectivity index (χ1n) is 9.26. The van der Waals surface area contributed by atoms with E-state index in [-0.39, 0.29) is 24.7 Å². The van der Waals surface area contributed by atoms with E-state index in [1.54, 1.807) is 4.90 Å². The minimum Gasteiger partial charge on any atom is -0.323 e. The van der Waals surface area contributed by atoms with Crippen LogP contribution in [0.1, 0.15) is 51.0 Å². The summed E-state index contributed by atoms with van der Waals surface area (Å²) in [5.74, 6) is -1.46. The molecule has 1 aliphatic heterocycles. The number of hydrogen-bond acceptors (Lipinski definition) is 3. The van der Waals surface area contributed by atoms with Crippen molar-refractivity contribution >= 4 is 11.9 Å². The van der Waals surface area contributed by atoms with Crippen LogP contribution >= 0.6 is 0 Å². The van der Waals surface area contributed by atoms with Crippen LogP contribution in [0.5, 0.6) is 0 Å². The third-order valence-corrected chi connectivity index (χ3v) is 5.44. The van der Waals surface area contributed by atoms with Crippen LogP contribution in [-0.2, 0) is 11.3 Å². The molecule has 7 heteroatoms. The van der Waals surface area contributed by atoms with Crippen LogP contribution < -0.4 is 5.32 Å². The standard InChI is InChI=1S/C19H25F2N3O2/c1-2-23(12-14-15(20)8-7-9-16(14)21)13-24-17(25)19(22-18(24)26)10-5-3-4-6-11-19/h7-9H,2-6,10-13H2,1H3,(H,22,26). The van der Waals surface area contributed by atoms with E-state index >= 15 is 0 Å². The van der Waals surface area contributed by atoms with Gasteiger partial charge < -0.3 is 5.32 Å². The molecule has 1 saturated carbocycles. The van der Waals surface area contributed by atoms with Gasteiger partial charge in [0.1, 0.15) is 17.2 Å². The molecule has 1 aromatic rings. The number of rotatable bonds is 5. The number of hydrogen-bond donors (Lipinski definition) is 1. The van der Waals surface area contributed by atoms with Crippen molar-refractivity contribution in [3.05, 3.63) is 35.4 Å². The summed E-state index contributed by atoms with van der Waals surface area (Å²) in [5.41, 5.74) is -0.846. The highest BCUT2D eigenvalue weighted by atomic mass is 19.1. The van der Waals surface area contributed by atoms with E-state index in [1.807, 2.05) is 6.92 Å². The zero-order valence-corrected chi connectivity index (χ0v) is 15.1. The molecule has 3 amide bonds. The molecular formula is C19H25F2N3O2. The second-order valence-corrected chi connectivity index (χ2v) is 7.15. The minimum absolute atomic E-state index is 0.000926. The van der Waals surface area contributed by atoms with Gasteiger partial charge in [0.05, 0.1) is 6.67 Å². The van der Waals surface area contributed by atoms with E-state index in [0.29, 0.717) is 19.4 Å². The van der Waals surface area contributed by atoms with Gasteiger partial charge in [-0.1, -0.05) is 38.7 Å². The fourth-order valence-electron chi connectivity index (χ4n) is 3.84. The highest BCUT2D eigenvalue weighted by molar-refractivity contribution is 6.07. The van der Waals surface area contributed by atoms with Gasteiger partial charge in [0.15, 0.2) is 0 Å². The molecular weight excluding hydrogens is 340 g/mol. The lowest BCUT2D eigenvalue weighted by Gasteiger charge is -2.27. The SMILES string of the molecule is CCN(Cc1c(F)cccc1F)CN1C(=O)NC2(CCCCCC2)C1=O. The quantitative estimate of drug-likeness (QED) is 0.814. The van der Waals surface area contributed by atoms with E-state index in [1.165, 1.54) is 23.1 Å². The zero-order chi connectivity index (χ0) is 18.7. The van der Waals surface area contributed by atoms with Crippen LogP contribution in [0.4, 0.5) is 13.6 Å². The summed E-state index contributed by atoms with van der Waals surface area (Å²) in [4.78, 5) is 28.3. The van der Waals surface area contributed by atoms with Crippen molar-refractivity contribution in [1.29, 1.82) is 0 Å². The smallest absolute Gasteiger partial charge is 0.323 e. The maximum atomic E-state index is 13.9. The molecule has 0 unspecified atom stereocenters. The topological polar surface area (TPSA) is 52.6 Å². The van der Waals surface area contributed by atoms with Crippen LogP contribution in [0.25, 0.3) is 0 Å². The Balaban J connectivity index is 1.74. The van der Waals surface area contributed by atoms with Crippen molar-refractivity contribution in [2.24, 2.45) is 0 Å². The van der Waals surface area contributed by atoms with Gasteiger partial charge in [-0.2, -0.15) is 0 Å². The first-order valence-corrected chi connectivity index (χ1v) is 9.26. The van der Waals surface area contributed by atoms with E-state index in [2.05, 4.69) is 5.32 Å². The lowest BCUT2D eigenvalue weighted by atomic mass is 9.90. The molecule has 0 aromatic heterocycles. The van der Waals surface area contributed by atoms with Gasteiger partial charge in [-0.3, -0.25) is 9.69 Å². The molecule has 1 aliphatic carbocycles. The first kappa shape index (κ1) is 18.8. The van der Waals surface area contributed by atoms with Gasteiger partial charge in [-0.05, 0) is 31.5 Å². The van der Waals surface area contributed by atoms with Crippen LogP contribution in [0.2, 0.25) is 0 Å². The molecule has 0 radical (unpaired) electrons. The zero-order valence-electron chi connectivity index (χ0n) is 15.1. The molecule has 1 spiro atoms. The molecule has 1 heterocycles. The van der Waals surface area contributed by atoms with Crippen LogP contribution in [-0.4, -0.2) is 40.5 Å². The van der Waals surface area contributed by atoms with Gasteiger partial charge >= 0.3 is 6.03 Å². The highest BCUT2D eigenvalue weighted by Crippen LogP contribution is 2.32. The fourth-order valence-corrected chi connectivity index (χ4v) is 3.84. The van der Waals surface area contributed by atoms with Crippen molar-refractivity contribution in [3.8, 4) is 0 Å². The fraction of sp³-hybridized carbons (Fsp3) is 0.579. The third kappa shape index (κ3) is 3.58. The summed E-state index contributed by atoms with van der Waals surface area (Å²) in [6.07, 6.45) is 5.27. The first-order chi connectivity index (χ1) is 12.5. The molecule has 142 valence electrons. The molecule has 1 aromatic carbocycles. The predicted molar refractivity (Wildman–Crippen MR) is 93.1 cm³/mol. The second-order valence-electron chi connectivity index (χ2n) is 7.15. The predicted octanol–water partition coefficient (Wildman–Crippen LogP) is 3.39. The maximum Gasteiger partial charge on any atom is 0.326 e. The second kappa shape index (κ2) is 7.70. The molecule has 0 bridgehead atoms. The van der Waals surface area contributed by atoms with Crippen LogP contribution in [0, 0.1) is 11.6 Å². The Kier molecular flexibility index (Phi) is 5.55. The van der Waals surface area contributed by atoms with Gasteiger partial charge in [0.2, 0.25) is 0 Å². The van der Waals surface area contributed by atoms with Gasteiger partial charge in [0.25, 0.3) is 5.91 Å². The molecule has 1 saturated heterocycles. The van der Waals surface area contributed by atoms with Crippen molar-refractivity contribution in [2.45, 2.75) is 57.5 Å². The molecule has 0 atom stereocenters. The van der Waals surface area contributed by atoms with Gasteiger partial charge in [0, 0.05) is 12.1 Å². The van der Waals surface area contributed by atoms with E-state index < -0.39 is 23.2 Å². The highest BCUT2D eigenvalue weighted by Gasteiger charge is 2.50. The summed E-state index contributed by atoms with van der Waals surface area (Å²) in [7, 11) is 0. The Hall–Kier alpha value is -2.02. The Morgan fingerprint density at radius 3 is 2.31 bits per heavy atom. The van der Waals surface area contributed by atoms with Gasteiger partial charge in [-0.15, -0.1) is 0 Å². The van der Waals surface area contributed by atoms with Crippen molar-refractivity contribution in [1.82, 2.24) is 15.1 Å². The number of benzene rings is 1. The molecule has 26 heavy (non-hydrogen) atoms. The number of nitrogens with one attached hydrogen (secondary N) is 1. The Labute approximate surface area is 152 Å². The molecule has 3 rings (SSSR count). The van der Waals surface area contributed by atoms with Crippen molar-refractivity contribution in [2.75, 3.05) is 13.2 Å². The van der Waals surface area contributed by atoms with Crippen LogP contribution in [0.3, 0.4) is 0 Å². The van der Waals surface area contributed by atoms with Crippen LogP contribution in [0.15, 0.2) is 18.2 Å². The van der Waals surface area contributed by atoms with Crippen molar-refractivity contribution < 1.29 is 18.4 Å². The summed E-state index contributed by atoms with van der Waals surface area (Å²) >= 11 is 0. The number of halogens is 2. The normalized spacial score (nSPS) is 19.9. The summed E-state index contributed by atoms with van der Waals surface area (Å²) in [6.45, 7) is 2.31. The molecule has 2 aliphatic rings. The summed E-state index contributed by atoms with van der Waals surface area (Å²) in [6, 6.07) is 3.32. The van der Waals surface area contributed by atoms with Gasteiger partial charge in [-0.25, -0.2) is 18.5 Å². The largest absolute Gasteiger partial charge is 0.326 e. The average Bonchev–Trinajstić information content (AvgIpc) is 2.78.